The van der Waals surface area contributed by atoms with Gasteiger partial charge in [-0.05, 0) is 37.6 Å². The summed E-state index contributed by atoms with van der Waals surface area (Å²) in [5, 5.41) is 7.40. The Hall–Kier alpha value is -3.02. The van der Waals surface area contributed by atoms with Crippen molar-refractivity contribution < 1.29 is 19.1 Å². The van der Waals surface area contributed by atoms with E-state index in [0.717, 1.165) is 16.3 Å². The Labute approximate surface area is 152 Å². The summed E-state index contributed by atoms with van der Waals surface area (Å²) in [5.74, 6) is 0.128. The van der Waals surface area contributed by atoms with Gasteiger partial charge in [0.1, 0.15) is 5.75 Å². The number of urea groups is 1. The second-order valence-corrected chi connectivity index (χ2v) is 6.43. The fourth-order valence-corrected chi connectivity index (χ4v) is 3.21. The van der Waals surface area contributed by atoms with Crippen molar-refractivity contribution in [3.05, 3.63) is 53.2 Å². The lowest BCUT2D eigenvalue weighted by Crippen LogP contribution is -2.45. The number of hydrogen-bond acceptors (Lipinski definition) is 4. The molecule has 6 nitrogen and oxygen atoms in total. The minimum Gasteiger partial charge on any atom is -0.496 e. The van der Waals surface area contributed by atoms with Gasteiger partial charge >= 0.3 is 12.0 Å². The first-order valence-corrected chi connectivity index (χ1v) is 8.47. The lowest BCUT2D eigenvalue weighted by molar-refractivity contribution is -0.143. The molecule has 2 aromatic rings. The van der Waals surface area contributed by atoms with Crippen LogP contribution in [0, 0.1) is 0 Å². The number of hydrogen-bond donors (Lipinski definition) is 2. The summed E-state index contributed by atoms with van der Waals surface area (Å²) in [7, 11) is 1.57. The number of ether oxygens (including phenoxy) is 2. The van der Waals surface area contributed by atoms with E-state index >= 15 is 0 Å². The first-order valence-electron chi connectivity index (χ1n) is 8.47. The summed E-state index contributed by atoms with van der Waals surface area (Å²) in [4.78, 5) is 24.9. The molecular weight excluding hydrogens is 332 g/mol. The van der Waals surface area contributed by atoms with Crippen molar-refractivity contribution >= 4 is 22.8 Å². The maximum absolute atomic E-state index is 12.7. The number of fused-ring (bicyclic) bond motifs is 1. The van der Waals surface area contributed by atoms with Crippen LogP contribution in [0.2, 0.25) is 0 Å². The highest BCUT2D eigenvalue weighted by molar-refractivity contribution is 5.98. The first-order chi connectivity index (χ1) is 12.4. The van der Waals surface area contributed by atoms with Gasteiger partial charge in [0, 0.05) is 11.3 Å². The van der Waals surface area contributed by atoms with E-state index in [2.05, 4.69) is 10.6 Å². The van der Waals surface area contributed by atoms with E-state index in [-0.39, 0.29) is 12.1 Å². The van der Waals surface area contributed by atoms with Crippen LogP contribution in [0.4, 0.5) is 4.79 Å². The molecule has 0 aliphatic carbocycles. The summed E-state index contributed by atoms with van der Waals surface area (Å²) in [6.07, 6.45) is -0.268. The average Bonchev–Trinajstić information content (AvgIpc) is 2.59. The van der Waals surface area contributed by atoms with E-state index < -0.39 is 12.0 Å². The topological polar surface area (TPSA) is 76.7 Å². The number of methoxy groups -OCH3 is 1. The Morgan fingerprint density at radius 2 is 1.88 bits per heavy atom. The van der Waals surface area contributed by atoms with Gasteiger partial charge in [0.2, 0.25) is 0 Å². The molecule has 1 unspecified atom stereocenters. The van der Waals surface area contributed by atoms with Gasteiger partial charge in [-0.1, -0.05) is 30.3 Å². The molecule has 0 saturated carbocycles. The molecule has 3 rings (SSSR count). The number of allylic oxidation sites excluding steroid dienone is 1. The number of amides is 2. The third-order valence-electron chi connectivity index (χ3n) is 4.27. The first kappa shape index (κ1) is 17.8. The highest BCUT2D eigenvalue weighted by Gasteiger charge is 2.35. The molecule has 0 fully saturated rings. The van der Waals surface area contributed by atoms with Crippen LogP contribution >= 0.6 is 0 Å². The predicted octanol–water partition coefficient (Wildman–Crippen LogP) is 3.43. The number of nitrogens with one attached hydrogen (secondary N) is 2. The molecule has 6 heteroatoms. The summed E-state index contributed by atoms with van der Waals surface area (Å²) in [6.45, 7) is 5.27. The molecule has 0 bridgehead atoms. The Bertz CT molecular complexity index is 902. The molecule has 136 valence electrons. The lowest BCUT2D eigenvalue weighted by Gasteiger charge is -2.30. The molecule has 1 aliphatic heterocycles. The third kappa shape index (κ3) is 3.22. The molecule has 0 aromatic heterocycles. The van der Waals surface area contributed by atoms with Gasteiger partial charge in [-0.15, -0.1) is 0 Å². The van der Waals surface area contributed by atoms with Crippen molar-refractivity contribution in [2.75, 3.05) is 7.11 Å². The summed E-state index contributed by atoms with van der Waals surface area (Å²) in [6, 6.07) is 10.5. The van der Waals surface area contributed by atoms with Gasteiger partial charge in [0.05, 0.1) is 24.8 Å². The van der Waals surface area contributed by atoms with Gasteiger partial charge in [-0.3, -0.25) is 0 Å². The fraction of sp³-hybridized carbons (Fsp3) is 0.300. The monoisotopic (exact) mass is 354 g/mol. The van der Waals surface area contributed by atoms with E-state index in [9.17, 15) is 9.59 Å². The van der Waals surface area contributed by atoms with Crippen LogP contribution in [-0.4, -0.2) is 25.2 Å². The van der Waals surface area contributed by atoms with Crippen molar-refractivity contribution in [3.8, 4) is 5.75 Å². The number of carbonyl (C=O) groups is 2. The molecule has 0 spiro atoms. The zero-order valence-electron chi connectivity index (χ0n) is 15.3. The number of rotatable bonds is 4. The maximum Gasteiger partial charge on any atom is 0.338 e. The minimum absolute atomic E-state index is 0.268. The molecule has 2 aromatic carbocycles. The molecule has 1 heterocycles. The zero-order valence-corrected chi connectivity index (χ0v) is 15.3. The maximum atomic E-state index is 12.7. The Morgan fingerprint density at radius 3 is 2.58 bits per heavy atom. The SMILES string of the molecule is COc1ccc2ccccc2c1C1NC(=O)NC(C)=C1C(=O)OC(C)C. The van der Waals surface area contributed by atoms with Crippen LogP contribution in [-0.2, 0) is 9.53 Å². The normalized spacial score (nSPS) is 17.1. The molecule has 1 atom stereocenters. The van der Waals surface area contributed by atoms with Crippen molar-refractivity contribution in [2.45, 2.75) is 32.9 Å². The van der Waals surface area contributed by atoms with Crippen LogP contribution < -0.4 is 15.4 Å². The third-order valence-corrected chi connectivity index (χ3v) is 4.27. The Balaban J connectivity index is 2.22. The largest absolute Gasteiger partial charge is 0.496 e. The van der Waals surface area contributed by atoms with Gasteiger partial charge < -0.3 is 20.1 Å². The van der Waals surface area contributed by atoms with Crippen LogP contribution in [0.1, 0.15) is 32.4 Å². The van der Waals surface area contributed by atoms with Crippen molar-refractivity contribution in [2.24, 2.45) is 0 Å². The van der Waals surface area contributed by atoms with Crippen molar-refractivity contribution in [3.63, 3.8) is 0 Å². The summed E-state index contributed by atoms with van der Waals surface area (Å²) in [5.41, 5.74) is 1.57. The number of benzene rings is 2. The van der Waals surface area contributed by atoms with E-state index in [4.69, 9.17) is 9.47 Å². The van der Waals surface area contributed by atoms with E-state index in [1.165, 1.54) is 0 Å². The highest BCUT2D eigenvalue weighted by atomic mass is 16.5. The van der Waals surface area contributed by atoms with Gasteiger partial charge in [-0.2, -0.15) is 0 Å². The standard InChI is InChI=1S/C20H22N2O4/c1-11(2)26-19(23)16-12(3)21-20(24)22-18(16)17-14-8-6-5-7-13(14)9-10-15(17)25-4/h5-11,18H,1-4H3,(H2,21,22,24). The Morgan fingerprint density at radius 1 is 1.15 bits per heavy atom. The van der Waals surface area contributed by atoms with Crippen LogP contribution in [0.5, 0.6) is 5.75 Å². The molecule has 26 heavy (non-hydrogen) atoms. The minimum atomic E-state index is -0.670. The van der Waals surface area contributed by atoms with Crippen molar-refractivity contribution in [1.82, 2.24) is 10.6 Å². The average molecular weight is 354 g/mol. The zero-order chi connectivity index (χ0) is 18.8. The molecule has 2 amide bonds. The van der Waals surface area contributed by atoms with Gasteiger partial charge in [0.15, 0.2) is 0 Å². The fourth-order valence-electron chi connectivity index (χ4n) is 3.21. The predicted molar refractivity (Wildman–Crippen MR) is 98.8 cm³/mol. The Kier molecular flexibility index (Phi) is 4.84. The highest BCUT2D eigenvalue weighted by Crippen LogP contribution is 2.38. The van der Waals surface area contributed by atoms with Crippen molar-refractivity contribution in [1.29, 1.82) is 0 Å². The van der Waals surface area contributed by atoms with Crippen LogP contribution in [0.15, 0.2) is 47.7 Å². The second kappa shape index (κ2) is 7.07. The second-order valence-electron chi connectivity index (χ2n) is 6.43. The molecule has 2 N–H and O–H groups in total. The molecule has 0 radical (unpaired) electrons. The quantitative estimate of drug-likeness (QED) is 0.825. The lowest BCUT2D eigenvalue weighted by atomic mass is 9.90. The van der Waals surface area contributed by atoms with E-state index in [0.29, 0.717) is 17.0 Å². The van der Waals surface area contributed by atoms with E-state index in [1.807, 2.05) is 36.4 Å². The number of esters is 1. The smallest absolute Gasteiger partial charge is 0.338 e. The number of carbonyl (C=O) groups excluding carboxylic acids is 2. The van der Waals surface area contributed by atoms with Crippen LogP contribution in [0.25, 0.3) is 10.8 Å². The molecule has 1 aliphatic rings. The van der Waals surface area contributed by atoms with E-state index in [1.54, 1.807) is 27.9 Å². The summed E-state index contributed by atoms with van der Waals surface area (Å²) >= 11 is 0. The summed E-state index contributed by atoms with van der Waals surface area (Å²) < 4.78 is 10.9. The van der Waals surface area contributed by atoms with Crippen LogP contribution in [0.3, 0.4) is 0 Å². The van der Waals surface area contributed by atoms with Gasteiger partial charge in [0.25, 0.3) is 0 Å². The molecular formula is C20H22N2O4. The van der Waals surface area contributed by atoms with Gasteiger partial charge in [-0.25, -0.2) is 9.59 Å². The molecule has 0 saturated heterocycles.